The van der Waals surface area contributed by atoms with Gasteiger partial charge in [0.2, 0.25) is 5.75 Å². The summed E-state index contributed by atoms with van der Waals surface area (Å²) in [5.41, 5.74) is 1.17. The summed E-state index contributed by atoms with van der Waals surface area (Å²) in [4.78, 5) is 12.1. The highest BCUT2D eigenvalue weighted by Gasteiger charge is 2.15. The van der Waals surface area contributed by atoms with Gasteiger partial charge >= 0.3 is 5.97 Å². The van der Waals surface area contributed by atoms with Crippen molar-refractivity contribution in [1.82, 2.24) is 0 Å². The van der Waals surface area contributed by atoms with Gasteiger partial charge in [0.25, 0.3) is 0 Å². The fourth-order valence-electron chi connectivity index (χ4n) is 2.42. The summed E-state index contributed by atoms with van der Waals surface area (Å²) in [6, 6.07) is 7.74. The van der Waals surface area contributed by atoms with Crippen LogP contribution < -0.4 is 18.9 Å². The summed E-state index contributed by atoms with van der Waals surface area (Å²) in [7, 11) is 5.88. The number of carbonyl (C=O) groups excluding carboxylic acids is 1. The Morgan fingerprint density at radius 2 is 1.46 bits per heavy atom. The summed E-state index contributed by atoms with van der Waals surface area (Å²) < 4.78 is 39.5. The molecule has 0 unspecified atom stereocenters. The molecule has 0 saturated carbocycles. The van der Waals surface area contributed by atoms with E-state index in [-0.39, 0.29) is 18.8 Å². The molecule has 0 radical (unpaired) electrons. The normalized spacial score (nSPS) is 10.2. The predicted molar refractivity (Wildman–Crippen MR) is 92.6 cm³/mol. The molecule has 0 bridgehead atoms. The van der Waals surface area contributed by atoms with Crippen LogP contribution in [0.1, 0.15) is 11.1 Å². The van der Waals surface area contributed by atoms with E-state index in [4.69, 9.17) is 23.7 Å². The predicted octanol–water partition coefficient (Wildman–Crippen LogP) is 3.15. The van der Waals surface area contributed by atoms with Crippen molar-refractivity contribution in [3.63, 3.8) is 0 Å². The number of ether oxygens (including phenoxy) is 5. The topological polar surface area (TPSA) is 63.2 Å². The molecule has 0 spiro atoms. The Bertz CT molecular complexity index is 750. The van der Waals surface area contributed by atoms with Crippen molar-refractivity contribution in [2.75, 3.05) is 28.4 Å². The van der Waals surface area contributed by atoms with Crippen LogP contribution >= 0.6 is 0 Å². The van der Waals surface area contributed by atoms with E-state index in [0.717, 1.165) is 0 Å². The van der Waals surface area contributed by atoms with Gasteiger partial charge in [-0.25, -0.2) is 4.39 Å². The molecule has 0 amide bonds. The van der Waals surface area contributed by atoms with Crippen LogP contribution in [0.25, 0.3) is 0 Å². The van der Waals surface area contributed by atoms with E-state index in [0.29, 0.717) is 28.4 Å². The van der Waals surface area contributed by atoms with E-state index in [1.807, 2.05) is 0 Å². The molecule has 26 heavy (non-hydrogen) atoms. The van der Waals surface area contributed by atoms with Crippen molar-refractivity contribution in [3.05, 3.63) is 47.3 Å². The van der Waals surface area contributed by atoms with Gasteiger partial charge in [0, 0.05) is 0 Å². The minimum absolute atomic E-state index is 0.00928. The molecule has 0 aliphatic heterocycles. The van der Waals surface area contributed by atoms with Crippen LogP contribution in [0.15, 0.2) is 30.3 Å². The van der Waals surface area contributed by atoms with Crippen molar-refractivity contribution >= 4 is 5.97 Å². The average molecular weight is 364 g/mol. The van der Waals surface area contributed by atoms with E-state index in [2.05, 4.69) is 0 Å². The van der Waals surface area contributed by atoms with Crippen LogP contribution in [-0.4, -0.2) is 34.4 Å². The first-order valence-electron chi connectivity index (χ1n) is 7.79. The van der Waals surface area contributed by atoms with Crippen molar-refractivity contribution in [1.29, 1.82) is 0 Å². The SMILES string of the molecule is COc1ccc(COC(=O)Cc2cc(OC)c(OC)c(OC)c2)cc1F. The second-order valence-corrected chi connectivity index (χ2v) is 5.34. The summed E-state index contributed by atoms with van der Waals surface area (Å²) in [5.74, 6) is 0.512. The number of rotatable bonds is 8. The fraction of sp³-hybridized carbons (Fsp3) is 0.316. The Morgan fingerprint density at radius 3 is 1.96 bits per heavy atom. The van der Waals surface area contributed by atoms with Gasteiger partial charge in [-0.1, -0.05) is 6.07 Å². The molecule has 7 heteroatoms. The van der Waals surface area contributed by atoms with Crippen LogP contribution in [0, 0.1) is 5.82 Å². The lowest BCUT2D eigenvalue weighted by molar-refractivity contribution is -0.144. The number of carbonyl (C=O) groups is 1. The number of benzene rings is 2. The molecule has 140 valence electrons. The molecule has 2 aromatic rings. The zero-order valence-corrected chi connectivity index (χ0v) is 15.1. The zero-order chi connectivity index (χ0) is 19.1. The first-order chi connectivity index (χ1) is 12.5. The van der Waals surface area contributed by atoms with Crippen LogP contribution in [0.2, 0.25) is 0 Å². The lowest BCUT2D eigenvalue weighted by Gasteiger charge is -2.14. The van der Waals surface area contributed by atoms with Crippen molar-refractivity contribution in [2.45, 2.75) is 13.0 Å². The van der Waals surface area contributed by atoms with Crippen molar-refractivity contribution in [3.8, 4) is 23.0 Å². The Morgan fingerprint density at radius 1 is 0.846 bits per heavy atom. The van der Waals surface area contributed by atoms with E-state index in [1.54, 1.807) is 18.2 Å². The molecule has 0 aliphatic carbocycles. The number of methoxy groups -OCH3 is 4. The highest BCUT2D eigenvalue weighted by molar-refractivity contribution is 5.73. The summed E-state index contributed by atoms with van der Waals surface area (Å²) in [5, 5.41) is 0. The van der Waals surface area contributed by atoms with Gasteiger partial charge < -0.3 is 23.7 Å². The molecule has 0 aliphatic rings. The molecule has 0 N–H and O–H groups in total. The highest BCUT2D eigenvalue weighted by Crippen LogP contribution is 2.38. The second-order valence-electron chi connectivity index (χ2n) is 5.34. The maximum atomic E-state index is 13.7. The molecular weight excluding hydrogens is 343 g/mol. The van der Waals surface area contributed by atoms with Crippen LogP contribution in [0.4, 0.5) is 4.39 Å². The molecule has 2 rings (SSSR count). The summed E-state index contributed by atoms with van der Waals surface area (Å²) in [6.45, 7) is -0.0375. The molecule has 0 atom stereocenters. The first-order valence-corrected chi connectivity index (χ1v) is 7.79. The van der Waals surface area contributed by atoms with Crippen molar-refractivity contribution < 1.29 is 32.9 Å². The lowest BCUT2D eigenvalue weighted by Crippen LogP contribution is -2.09. The maximum Gasteiger partial charge on any atom is 0.310 e. The quantitative estimate of drug-likeness (QED) is 0.671. The van der Waals surface area contributed by atoms with Gasteiger partial charge in [0.1, 0.15) is 6.61 Å². The van der Waals surface area contributed by atoms with Crippen LogP contribution in [0.3, 0.4) is 0 Å². The second kappa shape index (κ2) is 8.94. The van der Waals surface area contributed by atoms with E-state index < -0.39 is 11.8 Å². The molecule has 0 fully saturated rings. The smallest absolute Gasteiger partial charge is 0.310 e. The van der Waals surface area contributed by atoms with Gasteiger partial charge in [-0.05, 0) is 35.4 Å². The number of halogens is 1. The molecule has 6 nitrogen and oxygen atoms in total. The summed E-state index contributed by atoms with van der Waals surface area (Å²) in [6.07, 6.45) is 0.00928. The molecule has 0 saturated heterocycles. The molecular formula is C19H21FO6. The minimum atomic E-state index is -0.509. The van der Waals surface area contributed by atoms with E-state index in [9.17, 15) is 9.18 Å². The van der Waals surface area contributed by atoms with Gasteiger partial charge in [-0.15, -0.1) is 0 Å². The molecule has 0 aromatic heterocycles. The number of hydrogen-bond donors (Lipinski definition) is 0. The number of esters is 1. The Labute approximate surface area is 151 Å². The highest BCUT2D eigenvalue weighted by atomic mass is 19.1. The zero-order valence-electron chi connectivity index (χ0n) is 15.1. The standard InChI is InChI=1S/C19H21FO6/c1-22-15-6-5-12(7-14(15)20)11-26-18(21)10-13-8-16(23-2)19(25-4)17(9-13)24-3/h5-9H,10-11H2,1-4H3. The third-order valence-electron chi connectivity index (χ3n) is 3.69. The minimum Gasteiger partial charge on any atom is -0.494 e. The van der Waals surface area contributed by atoms with Gasteiger partial charge in [-0.3, -0.25) is 4.79 Å². The Balaban J connectivity index is 2.04. The first kappa shape index (κ1) is 19.4. The van der Waals surface area contributed by atoms with Gasteiger partial charge in [0.05, 0.1) is 34.9 Å². The Kier molecular flexibility index (Phi) is 6.66. The van der Waals surface area contributed by atoms with E-state index in [1.165, 1.54) is 40.6 Å². The maximum absolute atomic E-state index is 13.7. The monoisotopic (exact) mass is 364 g/mol. The van der Waals surface area contributed by atoms with Gasteiger partial charge in [0.15, 0.2) is 23.1 Å². The largest absolute Gasteiger partial charge is 0.494 e. The lowest BCUT2D eigenvalue weighted by atomic mass is 10.1. The fourth-order valence-corrected chi connectivity index (χ4v) is 2.42. The van der Waals surface area contributed by atoms with Crippen LogP contribution in [0.5, 0.6) is 23.0 Å². The average Bonchev–Trinajstić information content (AvgIpc) is 2.65. The van der Waals surface area contributed by atoms with E-state index >= 15 is 0 Å². The third kappa shape index (κ3) is 4.56. The summed E-state index contributed by atoms with van der Waals surface area (Å²) >= 11 is 0. The Hall–Kier alpha value is -2.96. The number of hydrogen-bond acceptors (Lipinski definition) is 6. The van der Waals surface area contributed by atoms with Crippen molar-refractivity contribution in [2.24, 2.45) is 0 Å². The molecule has 0 heterocycles. The van der Waals surface area contributed by atoms with Crippen LogP contribution in [-0.2, 0) is 22.6 Å². The third-order valence-corrected chi connectivity index (χ3v) is 3.69. The molecule has 2 aromatic carbocycles. The van der Waals surface area contributed by atoms with Gasteiger partial charge in [-0.2, -0.15) is 0 Å².